The summed E-state index contributed by atoms with van der Waals surface area (Å²) in [7, 11) is 1.55. The van der Waals surface area contributed by atoms with E-state index in [9.17, 15) is 18.0 Å². The summed E-state index contributed by atoms with van der Waals surface area (Å²) < 4.78 is 52.0. The van der Waals surface area contributed by atoms with E-state index in [-0.39, 0.29) is 23.2 Å². The molecule has 0 spiro atoms. The Morgan fingerprint density at radius 3 is 2.69 bits per heavy atom. The zero-order valence-corrected chi connectivity index (χ0v) is 17.9. The van der Waals surface area contributed by atoms with E-state index >= 15 is 0 Å². The van der Waals surface area contributed by atoms with Crippen molar-refractivity contribution in [3.63, 3.8) is 0 Å². The van der Waals surface area contributed by atoms with Crippen molar-refractivity contribution in [2.75, 3.05) is 20.2 Å². The Hall–Kier alpha value is -3.30. The van der Waals surface area contributed by atoms with Gasteiger partial charge < -0.3 is 14.4 Å². The van der Waals surface area contributed by atoms with E-state index in [4.69, 9.17) is 9.47 Å². The summed E-state index contributed by atoms with van der Waals surface area (Å²) in [4.78, 5) is 18.7. The molecule has 1 aliphatic heterocycles. The predicted molar refractivity (Wildman–Crippen MR) is 110 cm³/mol. The number of carbonyl (C=O) groups excluding carboxylic acids is 1. The number of aromatic nitrogens is 3. The van der Waals surface area contributed by atoms with Crippen molar-refractivity contribution in [2.24, 2.45) is 0 Å². The van der Waals surface area contributed by atoms with E-state index in [1.165, 1.54) is 6.92 Å². The number of rotatable bonds is 5. The van der Waals surface area contributed by atoms with Crippen LogP contribution in [0.5, 0.6) is 11.5 Å². The number of fused-ring (bicyclic) bond motifs is 1. The van der Waals surface area contributed by atoms with Gasteiger partial charge in [-0.2, -0.15) is 18.3 Å². The molecular formula is C22H23F3N4O3. The molecule has 0 saturated carbocycles. The predicted octanol–water partition coefficient (Wildman–Crippen LogP) is 3.85. The standard InChI is InChI=1S/C22H23F3N4O3/c1-13-9-19(22(23,24)25)29-20(26-13)11-18(27-29)15-7-8-28(12-15)21(30)14(2)32-17-6-4-5-16(10-17)31-3/h4-6,9-11,14-15H,7-8,12H2,1-3H3/t14-,15-/m1/s1. The molecule has 0 unspecified atom stereocenters. The van der Waals surface area contributed by atoms with Crippen LogP contribution in [0, 0.1) is 6.92 Å². The second-order valence-electron chi connectivity index (χ2n) is 7.83. The van der Waals surface area contributed by atoms with Gasteiger partial charge in [0.2, 0.25) is 0 Å². The summed E-state index contributed by atoms with van der Waals surface area (Å²) in [6.07, 6.45) is -4.66. The number of halogens is 3. The molecule has 1 aromatic carbocycles. The number of hydrogen-bond donors (Lipinski definition) is 0. The summed E-state index contributed by atoms with van der Waals surface area (Å²) in [6.45, 7) is 4.01. The number of ether oxygens (including phenoxy) is 2. The third kappa shape index (κ3) is 4.35. The minimum Gasteiger partial charge on any atom is -0.497 e. The molecule has 0 bridgehead atoms. The average molecular weight is 448 g/mol. The van der Waals surface area contributed by atoms with Gasteiger partial charge in [-0.15, -0.1) is 0 Å². The van der Waals surface area contributed by atoms with Crippen LogP contribution in [0.2, 0.25) is 0 Å². The second-order valence-corrected chi connectivity index (χ2v) is 7.83. The van der Waals surface area contributed by atoms with E-state index < -0.39 is 18.0 Å². The minimum atomic E-state index is -4.54. The van der Waals surface area contributed by atoms with Crippen molar-refractivity contribution in [3.8, 4) is 11.5 Å². The number of alkyl halides is 3. The molecule has 0 radical (unpaired) electrons. The molecule has 1 amide bonds. The fourth-order valence-electron chi connectivity index (χ4n) is 3.91. The topological polar surface area (TPSA) is 69.0 Å². The van der Waals surface area contributed by atoms with Gasteiger partial charge in [0, 0.05) is 36.8 Å². The van der Waals surface area contributed by atoms with Crippen molar-refractivity contribution >= 4 is 11.6 Å². The molecule has 1 saturated heterocycles. The van der Waals surface area contributed by atoms with Crippen LogP contribution in [-0.2, 0) is 11.0 Å². The first-order chi connectivity index (χ1) is 15.2. The molecule has 1 aliphatic rings. The van der Waals surface area contributed by atoms with Gasteiger partial charge in [0.05, 0.1) is 12.8 Å². The maximum atomic E-state index is 13.4. The van der Waals surface area contributed by atoms with Crippen molar-refractivity contribution in [2.45, 2.75) is 38.5 Å². The lowest BCUT2D eigenvalue weighted by Gasteiger charge is -2.22. The zero-order valence-electron chi connectivity index (χ0n) is 17.9. The minimum absolute atomic E-state index is 0.145. The van der Waals surface area contributed by atoms with Gasteiger partial charge in [0.15, 0.2) is 11.8 Å². The molecule has 0 aliphatic carbocycles. The molecule has 0 N–H and O–H groups in total. The molecule has 10 heteroatoms. The number of methoxy groups -OCH3 is 1. The molecule has 3 heterocycles. The highest BCUT2D eigenvalue weighted by molar-refractivity contribution is 5.81. The molecule has 170 valence electrons. The number of carbonyl (C=O) groups is 1. The Morgan fingerprint density at radius 1 is 1.22 bits per heavy atom. The Bertz CT molecular complexity index is 1150. The highest BCUT2D eigenvalue weighted by Crippen LogP contribution is 2.32. The third-order valence-corrected chi connectivity index (χ3v) is 5.48. The third-order valence-electron chi connectivity index (χ3n) is 5.48. The van der Waals surface area contributed by atoms with Gasteiger partial charge >= 0.3 is 6.18 Å². The smallest absolute Gasteiger partial charge is 0.433 e. The van der Waals surface area contributed by atoms with Gasteiger partial charge in [-0.3, -0.25) is 4.79 Å². The van der Waals surface area contributed by atoms with Crippen LogP contribution in [0.3, 0.4) is 0 Å². The fourth-order valence-corrected chi connectivity index (χ4v) is 3.91. The number of nitrogens with zero attached hydrogens (tertiary/aromatic N) is 4. The number of benzene rings is 1. The lowest BCUT2D eigenvalue weighted by Crippen LogP contribution is -2.39. The van der Waals surface area contributed by atoms with Crippen molar-refractivity contribution in [3.05, 3.63) is 53.5 Å². The van der Waals surface area contributed by atoms with E-state index in [1.807, 2.05) is 0 Å². The normalized spacial score (nSPS) is 17.6. The van der Waals surface area contributed by atoms with Gasteiger partial charge in [0.1, 0.15) is 17.2 Å². The van der Waals surface area contributed by atoms with E-state index in [2.05, 4.69) is 10.1 Å². The number of likely N-dealkylation sites (tertiary alicyclic amines) is 1. The zero-order chi connectivity index (χ0) is 23.0. The van der Waals surface area contributed by atoms with E-state index in [1.54, 1.807) is 49.3 Å². The Kier molecular flexibility index (Phi) is 5.70. The maximum Gasteiger partial charge on any atom is 0.433 e. The summed E-state index contributed by atoms with van der Waals surface area (Å²) in [5.41, 5.74) is 0.0394. The van der Waals surface area contributed by atoms with Crippen LogP contribution >= 0.6 is 0 Å². The molecule has 2 aromatic heterocycles. The Labute approximate surface area is 182 Å². The SMILES string of the molecule is COc1cccc(O[C@H](C)C(=O)N2CC[C@@H](c3cc4nc(C)cc(C(F)(F)F)n4n3)C2)c1. The van der Waals surface area contributed by atoms with E-state index in [0.717, 1.165) is 10.6 Å². The Morgan fingerprint density at radius 2 is 1.97 bits per heavy atom. The van der Waals surface area contributed by atoms with Gasteiger partial charge in [-0.05, 0) is 38.5 Å². The summed E-state index contributed by atoms with van der Waals surface area (Å²) in [5, 5.41) is 4.18. The first-order valence-electron chi connectivity index (χ1n) is 10.2. The van der Waals surface area contributed by atoms with E-state index in [0.29, 0.717) is 36.7 Å². The summed E-state index contributed by atoms with van der Waals surface area (Å²) in [5.74, 6) is 0.773. The number of aryl methyl sites for hydroxylation is 1. The maximum absolute atomic E-state index is 13.4. The molecule has 4 rings (SSSR count). The first kappa shape index (κ1) is 21.9. The van der Waals surface area contributed by atoms with Crippen molar-refractivity contribution in [1.82, 2.24) is 19.5 Å². The van der Waals surface area contributed by atoms with Crippen LogP contribution in [0.1, 0.15) is 36.3 Å². The van der Waals surface area contributed by atoms with Crippen molar-refractivity contribution < 1.29 is 27.4 Å². The second kappa shape index (κ2) is 8.33. The summed E-state index contributed by atoms with van der Waals surface area (Å²) >= 11 is 0. The van der Waals surface area contributed by atoms with Crippen molar-refractivity contribution in [1.29, 1.82) is 0 Å². The van der Waals surface area contributed by atoms with Crippen LogP contribution in [0.15, 0.2) is 36.4 Å². The molecule has 7 nitrogen and oxygen atoms in total. The number of amides is 1. The average Bonchev–Trinajstić information content (AvgIpc) is 3.39. The molecule has 2 atom stereocenters. The van der Waals surface area contributed by atoms with Gasteiger partial charge in [-0.25, -0.2) is 9.50 Å². The van der Waals surface area contributed by atoms with Crippen LogP contribution in [0.4, 0.5) is 13.2 Å². The van der Waals surface area contributed by atoms with Gasteiger partial charge in [0.25, 0.3) is 5.91 Å². The fraction of sp³-hybridized carbons (Fsp3) is 0.409. The van der Waals surface area contributed by atoms with Crippen LogP contribution < -0.4 is 9.47 Å². The largest absolute Gasteiger partial charge is 0.497 e. The van der Waals surface area contributed by atoms with Crippen LogP contribution in [0.25, 0.3) is 5.65 Å². The molecule has 1 fully saturated rings. The monoisotopic (exact) mass is 448 g/mol. The molecular weight excluding hydrogens is 425 g/mol. The highest BCUT2D eigenvalue weighted by atomic mass is 19.4. The molecule has 3 aromatic rings. The quantitative estimate of drug-likeness (QED) is 0.593. The highest BCUT2D eigenvalue weighted by Gasteiger charge is 2.36. The lowest BCUT2D eigenvalue weighted by molar-refractivity contribution is -0.142. The molecule has 32 heavy (non-hydrogen) atoms. The van der Waals surface area contributed by atoms with Crippen LogP contribution in [-0.4, -0.2) is 51.7 Å². The lowest BCUT2D eigenvalue weighted by atomic mass is 10.1. The number of hydrogen-bond acceptors (Lipinski definition) is 5. The first-order valence-corrected chi connectivity index (χ1v) is 10.2. The Balaban J connectivity index is 1.48. The summed E-state index contributed by atoms with van der Waals surface area (Å²) in [6, 6.07) is 9.53. The van der Waals surface area contributed by atoms with Gasteiger partial charge in [-0.1, -0.05) is 6.07 Å².